The van der Waals surface area contributed by atoms with E-state index in [1.165, 1.54) is 77.2 Å². The second-order valence-electron chi connectivity index (χ2n) is 6.56. The van der Waals surface area contributed by atoms with Crippen molar-refractivity contribution in [3.63, 3.8) is 0 Å². The molecule has 0 bridgehead atoms. The minimum Gasteiger partial charge on any atom is -0.237 e. The van der Waals surface area contributed by atoms with Crippen LogP contribution in [0.1, 0.15) is 97.4 Å². The molecule has 122 valence electrons. The highest BCUT2D eigenvalue weighted by atomic mass is 15.1. The van der Waals surface area contributed by atoms with E-state index in [-0.39, 0.29) is 0 Å². The molecule has 0 saturated carbocycles. The molecule has 21 heavy (non-hydrogen) atoms. The number of rotatable bonds is 13. The van der Waals surface area contributed by atoms with Crippen molar-refractivity contribution in [3.05, 3.63) is 18.7 Å². The summed E-state index contributed by atoms with van der Waals surface area (Å²) in [4.78, 5) is 0. The second-order valence-corrected chi connectivity index (χ2v) is 6.56. The third-order valence-corrected chi connectivity index (χ3v) is 4.47. The summed E-state index contributed by atoms with van der Waals surface area (Å²) in [6.07, 6.45) is 21.8. The molecule has 1 heterocycles. The Labute approximate surface area is 132 Å². The topological polar surface area (TPSA) is 8.81 Å². The molecule has 0 saturated heterocycles. The normalized spacial score (nSPS) is 12.7. The first-order chi connectivity index (χ1) is 10.3. The van der Waals surface area contributed by atoms with Crippen LogP contribution in [-0.4, -0.2) is 4.57 Å². The number of imidazole rings is 1. The van der Waals surface area contributed by atoms with Crippen LogP contribution < -0.4 is 4.57 Å². The Kier molecular flexibility index (Phi) is 10.3. The molecule has 1 rings (SSSR count). The Morgan fingerprint density at radius 2 is 1.48 bits per heavy atom. The van der Waals surface area contributed by atoms with E-state index in [1.54, 1.807) is 0 Å². The van der Waals surface area contributed by atoms with Gasteiger partial charge in [-0.3, -0.25) is 0 Å². The van der Waals surface area contributed by atoms with Crippen molar-refractivity contribution in [1.82, 2.24) is 4.57 Å². The van der Waals surface area contributed by atoms with Gasteiger partial charge in [-0.1, -0.05) is 58.8 Å². The number of aryl methyl sites for hydroxylation is 1. The van der Waals surface area contributed by atoms with E-state index in [9.17, 15) is 0 Å². The highest BCUT2D eigenvalue weighted by Gasteiger charge is 2.11. The third kappa shape index (κ3) is 8.28. The zero-order chi connectivity index (χ0) is 15.3. The lowest BCUT2D eigenvalue weighted by Gasteiger charge is -2.07. The molecular formula is C19H37N2+. The van der Waals surface area contributed by atoms with Crippen molar-refractivity contribution in [3.8, 4) is 0 Å². The minimum atomic E-state index is 0.646. The molecular weight excluding hydrogens is 256 g/mol. The Morgan fingerprint density at radius 3 is 2.19 bits per heavy atom. The molecule has 2 heteroatoms. The van der Waals surface area contributed by atoms with Gasteiger partial charge < -0.3 is 0 Å². The highest BCUT2D eigenvalue weighted by Crippen LogP contribution is 2.14. The third-order valence-electron chi connectivity index (χ3n) is 4.47. The van der Waals surface area contributed by atoms with E-state index in [0.29, 0.717) is 6.04 Å². The molecule has 0 spiro atoms. The van der Waals surface area contributed by atoms with Crippen LogP contribution in [0.3, 0.4) is 0 Å². The molecule has 0 aromatic carbocycles. The number of hydrogen-bond donors (Lipinski definition) is 0. The largest absolute Gasteiger partial charge is 0.243 e. The van der Waals surface area contributed by atoms with E-state index in [2.05, 4.69) is 48.6 Å². The van der Waals surface area contributed by atoms with Crippen LogP contribution in [-0.2, 0) is 6.54 Å². The number of nitrogens with zero attached hydrogens (tertiary/aromatic N) is 2. The summed E-state index contributed by atoms with van der Waals surface area (Å²) in [5.41, 5.74) is 0. The van der Waals surface area contributed by atoms with Crippen LogP contribution in [0.2, 0.25) is 0 Å². The van der Waals surface area contributed by atoms with Gasteiger partial charge in [-0.25, -0.2) is 9.13 Å². The van der Waals surface area contributed by atoms with Crippen molar-refractivity contribution in [2.24, 2.45) is 0 Å². The lowest BCUT2D eigenvalue weighted by molar-refractivity contribution is -0.697. The smallest absolute Gasteiger partial charge is 0.237 e. The van der Waals surface area contributed by atoms with Crippen LogP contribution in [0, 0.1) is 0 Å². The number of hydrogen-bond acceptors (Lipinski definition) is 0. The van der Waals surface area contributed by atoms with Gasteiger partial charge in [-0.15, -0.1) is 0 Å². The monoisotopic (exact) mass is 293 g/mol. The fourth-order valence-electron chi connectivity index (χ4n) is 2.89. The van der Waals surface area contributed by atoms with Crippen LogP contribution in [0.4, 0.5) is 0 Å². The van der Waals surface area contributed by atoms with Crippen LogP contribution in [0.5, 0.6) is 0 Å². The summed E-state index contributed by atoms with van der Waals surface area (Å²) < 4.78 is 4.76. The summed E-state index contributed by atoms with van der Waals surface area (Å²) in [6, 6.07) is 0.646. The van der Waals surface area contributed by atoms with Crippen molar-refractivity contribution in [2.75, 3.05) is 0 Å². The minimum absolute atomic E-state index is 0.646. The molecule has 0 fully saturated rings. The van der Waals surface area contributed by atoms with Gasteiger partial charge in [0.15, 0.2) is 0 Å². The second kappa shape index (κ2) is 11.8. The highest BCUT2D eigenvalue weighted by molar-refractivity contribution is 4.72. The Bertz CT molecular complexity index is 343. The lowest BCUT2D eigenvalue weighted by atomic mass is 10.1. The van der Waals surface area contributed by atoms with Gasteiger partial charge >= 0.3 is 0 Å². The molecule has 1 atom stereocenters. The van der Waals surface area contributed by atoms with Crippen LogP contribution >= 0.6 is 0 Å². The Morgan fingerprint density at radius 1 is 0.857 bits per heavy atom. The molecule has 0 radical (unpaired) electrons. The average molecular weight is 294 g/mol. The molecule has 0 aliphatic heterocycles. The van der Waals surface area contributed by atoms with Crippen molar-refractivity contribution in [1.29, 1.82) is 0 Å². The molecule has 0 aliphatic rings. The number of unbranched alkanes of at least 4 members (excludes halogenated alkanes) is 8. The van der Waals surface area contributed by atoms with E-state index in [1.807, 2.05) is 0 Å². The summed E-state index contributed by atoms with van der Waals surface area (Å²) in [5.74, 6) is 0. The van der Waals surface area contributed by atoms with Gasteiger partial charge in [-0.2, -0.15) is 0 Å². The summed E-state index contributed by atoms with van der Waals surface area (Å²) in [7, 11) is 0. The Hall–Kier alpha value is -0.790. The molecule has 1 aromatic rings. The predicted molar refractivity (Wildman–Crippen MR) is 91.5 cm³/mol. The molecule has 0 aliphatic carbocycles. The average Bonchev–Trinajstić information content (AvgIpc) is 2.96. The maximum Gasteiger partial charge on any atom is 0.243 e. The van der Waals surface area contributed by atoms with E-state index >= 15 is 0 Å². The van der Waals surface area contributed by atoms with Gasteiger partial charge in [0.05, 0.1) is 12.6 Å². The predicted octanol–water partition coefficient (Wildman–Crippen LogP) is 5.67. The first kappa shape index (κ1) is 18.3. The first-order valence-corrected chi connectivity index (χ1v) is 9.34. The molecule has 0 amide bonds. The zero-order valence-corrected chi connectivity index (χ0v) is 14.7. The zero-order valence-electron chi connectivity index (χ0n) is 14.7. The van der Waals surface area contributed by atoms with E-state index in [4.69, 9.17) is 0 Å². The molecule has 1 unspecified atom stereocenters. The van der Waals surface area contributed by atoms with Crippen LogP contribution in [0.25, 0.3) is 0 Å². The van der Waals surface area contributed by atoms with E-state index in [0.717, 1.165) is 0 Å². The first-order valence-electron chi connectivity index (χ1n) is 9.34. The number of aromatic nitrogens is 2. The summed E-state index contributed by atoms with van der Waals surface area (Å²) in [5, 5.41) is 0. The van der Waals surface area contributed by atoms with Gasteiger partial charge in [-0.05, 0) is 32.6 Å². The van der Waals surface area contributed by atoms with Crippen LogP contribution in [0.15, 0.2) is 18.7 Å². The van der Waals surface area contributed by atoms with E-state index < -0.39 is 0 Å². The quantitative estimate of drug-likeness (QED) is 0.327. The SMILES string of the molecule is CCCCCCCC[n+]1ccn(C(C)CCCCCC)c1. The van der Waals surface area contributed by atoms with Crippen molar-refractivity contribution >= 4 is 0 Å². The van der Waals surface area contributed by atoms with Gasteiger partial charge in [0.2, 0.25) is 6.33 Å². The fraction of sp³-hybridized carbons (Fsp3) is 0.842. The molecule has 1 aromatic heterocycles. The van der Waals surface area contributed by atoms with Gasteiger partial charge in [0, 0.05) is 0 Å². The Balaban J connectivity index is 2.16. The van der Waals surface area contributed by atoms with Crippen molar-refractivity contribution in [2.45, 2.75) is 104 Å². The maximum absolute atomic E-state index is 2.39. The van der Waals surface area contributed by atoms with Crippen molar-refractivity contribution < 1.29 is 4.57 Å². The summed E-state index contributed by atoms with van der Waals surface area (Å²) >= 11 is 0. The molecule has 0 N–H and O–H groups in total. The van der Waals surface area contributed by atoms with Gasteiger partial charge in [0.1, 0.15) is 12.4 Å². The molecule has 2 nitrogen and oxygen atoms in total. The van der Waals surface area contributed by atoms with Gasteiger partial charge in [0.25, 0.3) is 0 Å². The fourth-order valence-corrected chi connectivity index (χ4v) is 2.89. The lowest BCUT2D eigenvalue weighted by Crippen LogP contribution is -2.31. The summed E-state index contributed by atoms with van der Waals surface area (Å²) in [6.45, 7) is 8.09. The standard InChI is InChI=1S/C19H37N2/c1-4-6-8-10-11-13-15-20-16-17-21(18-20)19(3)14-12-9-7-5-2/h16-19H,4-15H2,1-3H3/q+1. The maximum atomic E-state index is 2.39.